The summed E-state index contributed by atoms with van der Waals surface area (Å²) in [4.78, 5) is 12.6. The van der Waals surface area contributed by atoms with Crippen molar-refractivity contribution in [2.45, 2.75) is 18.8 Å². The van der Waals surface area contributed by atoms with Gasteiger partial charge in [-0.1, -0.05) is 75.1 Å². The molecule has 0 aliphatic rings. The first-order valence-corrected chi connectivity index (χ1v) is 11.7. The van der Waals surface area contributed by atoms with Gasteiger partial charge in [0.25, 0.3) is 5.91 Å². The van der Waals surface area contributed by atoms with Gasteiger partial charge in [-0.15, -0.1) is 0 Å². The summed E-state index contributed by atoms with van der Waals surface area (Å²) in [6.45, 7) is -1.82. The maximum Gasteiger partial charge on any atom is 0.405 e. The van der Waals surface area contributed by atoms with Crippen LogP contribution in [0.25, 0.3) is 5.57 Å². The Labute approximate surface area is 224 Å². The molecule has 0 spiro atoms. The molecule has 0 saturated heterocycles. The molecule has 0 unspecified atom stereocenters. The quantitative estimate of drug-likeness (QED) is 0.183. The third-order valence-electron chi connectivity index (χ3n) is 4.26. The van der Waals surface area contributed by atoms with Crippen molar-refractivity contribution in [2.24, 2.45) is 0 Å². The Hall–Kier alpha value is -1.53. The minimum Gasteiger partial charge on any atom is -0.369 e. The Kier molecular flexibility index (Phi) is 10.3. The fourth-order valence-corrected chi connectivity index (χ4v) is 4.12. The molecule has 190 valence electrons. The Morgan fingerprint density at radius 3 is 2.14 bits per heavy atom. The summed E-state index contributed by atoms with van der Waals surface area (Å²) < 4.78 is 76.5. The number of carbonyl (C=O) groups excluding carboxylic acids is 1. The maximum absolute atomic E-state index is 13.1. The van der Waals surface area contributed by atoms with Gasteiger partial charge >= 0.3 is 12.4 Å². The number of hydrogen-bond donors (Lipinski definition) is 2. The molecule has 0 saturated carbocycles. The molecule has 0 aliphatic heterocycles. The van der Waals surface area contributed by atoms with E-state index in [0.717, 1.165) is 6.08 Å². The molecule has 0 radical (unpaired) electrons. The second kappa shape index (κ2) is 12.1. The molecule has 0 aromatic heterocycles. The molecule has 2 aromatic rings. The summed E-state index contributed by atoms with van der Waals surface area (Å²) in [5.74, 6) is -0.790. The first kappa shape index (κ1) is 29.7. The van der Waals surface area contributed by atoms with Crippen molar-refractivity contribution in [2.75, 3.05) is 13.1 Å². The van der Waals surface area contributed by atoms with E-state index in [9.17, 15) is 31.1 Å². The van der Waals surface area contributed by atoms with E-state index >= 15 is 0 Å². The van der Waals surface area contributed by atoms with Gasteiger partial charge in [0, 0.05) is 15.6 Å². The number of alkyl halides is 6. The third kappa shape index (κ3) is 9.13. The lowest BCUT2D eigenvalue weighted by atomic mass is 9.92. The predicted octanol–water partition coefficient (Wildman–Crippen LogP) is 8.00. The monoisotopic (exact) mass is 640 g/mol. The Morgan fingerprint density at radius 1 is 1.00 bits per heavy atom. The van der Waals surface area contributed by atoms with Gasteiger partial charge in [-0.2, -0.15) is 26.3 Å². The number of rotatable bonds is 7. The van der Waals surface area contributed by atoms with E-state index in [1.807, 2.05) is 5.32 Å². The number of allylic oxidation sites excluding steroid dienone is 1. The first-order chi connectivity index (χ1) is 16.1. The minimum atomic E-state index is -4.56. The molecule has 3 nitrogen and oxygen atoms in total. The second-order valence-corrected chi connectivity index (χ2v) is 9.47. The van der Waals surface area contributed by atoms with Crippen LogP contribution >= 0.6 is 63.0 Å². The zero-order valence-electron chi connectivity index (χ0n) is 17.2. The molecule has 2 rings (SSSR count). The lowest BCUT2D eigenvalue weighted by molar-refractivity contribution is -0.125. The van der Waals surface area contributed by atoms with Crippen LogP contribution in [0, 0.1) is 0 Å². The first-order valence-electron chi connectivity index (χ1n) is 9.41. The van der Waals surface area contributed by atoms with Gasteiger partial charge < -0.3 is 10.6 Å². The molecule has 14 heteroatoms. The van der Waals surface area contributed by atoms with E-state index in [1.165, 1.54) is 30.3 Å². The summed E-state index contributed by atoms with van der Waals surface area (Å²) >= 11 is 26.1. The normalized spacial score (nSPS) is 12.5. The number of hydrogen-bond acceptors (Lipinski definition) is 2. The van der Waals surface area contributed by atoms with Crippen LogP contribution in [-0.4, -0.2) is 36.3 Å². The molecular weight excluding hydrogens is 629 g/mol. The summed E-state index contributed by atoms with van der Waals surface area (Å²) in [7, 11) is 0. The van der Waals surface area contributed by atoms with Crippen molar-refractivity contribution in [1.29, 1.82) is 0 Å². The molecule has 0 heterocycles. The van der Waals surface area contributed by atoms with Gasteiger partial charge in [-0.25, -0.2) is 0 Å². The average molecular weight is 643 g/mol. The van der Waals surface area contributed by atoms with Crippen LogP contribution in [0.5, 0.6) is 0 Å². The van der Waals surface area contributed by atoms with E-state index in [1.54, 1.807) is 0 Å². The number of benzene rings is 2. The largest absolute Gasteiger partial charge is 0.405 e. The molecule has 0 fully saturated rings. The molecule has 0 aliphatic carbocycles. The van der Waals surface area contributed by atoms with Crippen LogP contribution in [0.1, 0.15) is 27.9 Å². The van der Waals surface area contributed by atoms with Crippen LogP contribution in [0.3, 0.4) is 0 Å². The zero-order chi connectivity index (χ0) is 26.6. The fraction of sp³-hybridized carbons (Fsp3) is 0.238. The van der Waals surface area contributed by atoms with Crippen LogP contribution in [0.4, 0.5) is 26.3 Å². The fourth-order valence-electron chi connectivity index (χ4n) is 2.80. The molecule has 2 aromatic carbocycles. The number of nitrogens with one attached hydrogen (secondary N) is 2. The zero-order valence-corrected chi connectivity index (χ0v) is 21.9. The van der Waals surface area contributed by atoms with E-state index < -0.39 is 37.8 Å². The second-order valence-electron chi connectivity index (χ2n) is 6.93. The summed E-state index contributed by atoms with van der Waals surface area (Å²) in [6, 6.07) is 6.90. The number of thiocarbonyl (C=S) groups is 1. The number of carbonyl (C=O) groups is 1. The Bertz CT molecular complexity index is 1130. The van der Waals surface area contributed by atoms with Crippen LogP contribution in [-0.2, 0) is 0 Å². The summed E-state index contributed by atoms with van der Waals surface area (Å²) in [5.41, 5.74) is 0.113. The van der Waals surface area contributed by atoms with Crippen LogP contribution in [0.15, 0.2) is 40.9 Å². The van der Waals surface area contributed by atoms with Gasteiger partial charge in [0.2, 0.25) is 0 Å². The topological polar surface area (TPSA) is 41.1 Å². The van der Waals surface area contributed by atoms with Gasteiger partial charge in [0.1, 0.15) is 6.54 Å². The molecule has 0 atom stereocenters. The van der Waals surface area contributed by atoms with Gasteiger partial charge in [0.05, 0.1) is 33.0 Å². The van der Waals surface area contributed by atoms with E-state index in [0.29, 0.717) is 0 Å². The van der Waals surface area contributed by atoms with E-state index in [4.69, 9.17) is 47.0 Å². The van der Waals surface area contributed by atoms with Crippen molar-refractivity contribution in [3.05, 3.63) is 72.6 Å². The van der Waals surface area contributed by atoms with Gasteiger partial charge in [-0.05, 0) is 35.4 Å². The average Bonchev–Trinajstić information content (AvgIpc) is 2.74. The maximum atomic E-state index is 13.1. The van der Waals surface area contributed by atoms with Crippen molar-refractivity contribution in [3.8, 4) is 0 Å². The molecule has 1 amide bonds. The minimum absolute atomic E-state index is 0.00258. The van der Waals surface area contributed by atoms with Crippen LogP contribution in [0.2, 0.25) is 15.1 Å². The summed E-state index contributed by atoms with van der Waals surface area (Å²) in [6.07, 6.45) is -9.55. The molecule has 0 bridgehead atoms. The number of halogens is 10. The highest BCUT2D eigenvalue weighted by molar-refractivity contribution is 9.10. The SMILES string of the molecule is O=C(NCC(=S)NCC(F)(F)F)c1cccc(Br)c1/C(=C/CC(F)(F)F)c1cc(Cl)c(Cl)c(Cl)c1. The van der Waals surface area contributed by atoms with E-state index in [2.05, 4.69) is 21.2 Å². The molecule has 2 N–H and O–H groups in total. The predicted molar refractivity (Wildman–Crippen MR) is 132 cm³/mol. The van der Waals surface area contributed by atoms with Gasteiger partial charge in [0.15, 0.2) is 0 Å². The van der Waals surface area contributed by atoms with Crippen molar-refractivity contribution in [1.82, 2.24) is 10.6 Å². The Balaban J connectivity index is 2.49. The van der Waals surface area contributed by atoms with Crippen molar-refractivity contribution >= 4 is 79.4 Å². The van der Waals surface area contributed by atoms with Crippen LogP contribution < -0.4 is 10.6 Å². The molecular formula is C21H14BrCl3F6N2OS. The van der Waals surface area contributed by atoms with Crippen molar-refractivity contribution < 1.29 is 31.1 Å². The highest BCUT2D eigenvalue weighted by atomic mass is 79.9. The Morgan fingerprint density at radius 2 is 1.60 bits per heavy atom. The highest BCUT2D eigenvalue weighted by Crippen LogP contribution is 2.39. The lowest BCUT2D eigenvalue weighted by Crippen LogP contribution is -2.40. The van der Waals surface area contributed by atoms with Gasteiger partial charge in [-0.3, -0.25) is 4.79 Å². The van der Waals surface area contributed by atoms with Crippen molar-refractivity contribution in [3.63, 3.8) is 0 Å². The smallest absolute Gasteiger partial charge is 0.369 e. The molecule has 35 heavy (non-hydrogen) atoms. The lowest BCUT2D eigenvalue weighted by Gasteiger charge is -2.18. The van der Waals surface area contributed by atoms with E-state index in [-0.39, 0.29) is 46.8 Å². The summed E-state index contributed by atoms with van der Waals surface area (Å²) in [5, 5.41) is 4.28. The number of amides is 1. The highest BCUT2D eigenvalue weighted by Gasteiger charge is 2.28. The third-order valence-corrected chi connectivity index (χ3v) is 6.40. The standard InChI is InChI=1S/C21H14BrCl3F6N2OS/c22-13-3-1-2-12(19(34)32-8-16(35)33-9-21(29,30)31)17(13)11(4-5-20(26,27)28)10-6-14(23)18(25)15(24)7-10/h1-4,6-7H,5,8-9H2,(H,32,34)(H,33,35)/b11-4+.